The second-order valence-corrected chi connectivity index (χ2v) is 5.77. The van der Waals surface area contributed by atoms with Crippen molar-refractivity contribution in [1.29, 1.82) is 0 Å². The van der Waals surface area contributed by atoms with Crippen LogP contribution in [0.1, 0.15) is 12.5 Å². The van der Waals surface area contributed by atoms with Gasteiger partial charge in [-0.25, -0.2) is 0 Å². The van der Waals surface area contributed by atoms with Gasteiger partial charge in [0.15, 0.2) is 23.6 Å². The predicted molar refractivity (Wildman–Crippen MR) is 75.7 cm³/mol. The number of hydrogen-bond acceptors (Lipinski definition) is 8. The Kier molecular flexibility index (Phi) is 4.21. The highest BCUT2D eigenvalue weighted by atomic mass is 16.7. The van der Waals surface area contributed by atoms with E-state index in [1.165, 1.54) is 13.2 Å². The van der Waals surface area contributed by atoms with Crippen LogP contribution in [0.5, 0.6) is 11.5 Å². The van der Waals surface area contributed by atoms with Gasteiger partial charge in [-0.2, -0.15) is 0 Å². The Morgan fingerprint density at radius 1 is 1.22 bits per heavy atom. The van der Waals surface area contributed by atoms with E-state index in [0.717, 1.165) is 0 Å². The van der Waals surface area contributed by atoms with Gasteiger partial charge in [0.05, 0.1) is 13.7 Å². The van der Waals surface area contributed by atoms with E-state index in [1.54, 1.807) is 19.1 Å². The Labute approximate surface area is 132 Å². The van der Waals surface area contributed by atoms with E-state index in [9.17, 15) is 20.4 Å². The van der Waals surface area contributed by atoms with Gasteiger partial charge >= 0.3 is 0 Å². The lowest BCUT2D eigenvalue weighted by molar-refractivity contribution is -0.387. The summed E-state index contributed by atoms with van der Waals surface area (Å²) in [5, 5.41) is 39.1. The molecule has 23 heavy (non-hydrogen) atoms. The lowest BCUT2D eigenvalue weighted by Crippen LogP contribution is -2.64. The summed E-state index contributed by atoms with van der Waals surface area (Å²) in [6, 6.07) is 4.63. The van der Waals surface area contributed by atoms with Crippen molar-refractivity contribution in [3.63, 3.8) is 0 Å². The molecule has 0 aromatic heterocycles. The van der Waals surface area contributed by atoms with Crippen LogP contribution in [0.25, 0.3) is 0 Å². The van der Waals surface area contributed by atoms with Gasteiger partial charge in [-0.3, -0.25) is 0 Å². The molecule has 0 spiro atoms. The van der Waals surface area contributed by atoms with Gasteiger partial charge in [-0.1, -0.05) is 0 Å². The molecule has 6 atom stereocenters. The molecule has 8 heteroatoms. The number of hydrogen-bond donors (Lipinski definition) is 4. The number of phenolic OH excluding ortho intramolecular Hbond substituents is 1. The van der Waals surface area contributed by atoms with E-state index in [4.69, 9.17) is 18.9 Å². The molecule has 8 nitrogen and oxygen atoms in total. The van der Waals surface area contributed by atoms with Crippen molar-refractivity contribution < 1.29 is 39.4 Å². The summed E-state index contributed by atoms with van der Waals surface area (Å²) in [6.45, 7) is 1.71. The third kappa shape index (κ3) is 2.78. The fourth-order valence-electron chi connectivity index (χ4n) is 2.85. The Balaban J connectivity index is 1.87. The zero-order valence-corrected chi connectivity index (χ0v) is 12.7. The lowest BCUT2D eigenvalue weighted by atomic mass is 9.96. The summed E-state index contributed by atoms with van der Waals surface area (Å²) in [7, 11) is 1.43. The van der Waals surface area contributed by atoms with Crippen LogP contribution in [-0.4, -0.2) is 64.8 Å². The van der Waals surface area contributed by atoms with Crippen LogP contribution in [0, 0.1) is 0 Å². The van der Waals surface area contributed by atoms with Crippen molar-refractivity contribution >= 4 is 0 Å². The molecule has 2 fully saturated rings. The minimum absolute atomic E-state index is 0.0203. The van der Waals surface area contributed by atoms with E-state index < -0.39 is 36.5 Å². The maximum atomic E-state index is 10.1. The van der Waals surface area contributed by atoms with Crippen molar-refractivity contribution in [3.8, 4) is 11.5 Å². The van der Waals surface area contributed by atoms with Crippen LogP contribution in [0.15, 0.2) is 18.2 Å². The van der Waals surface area contributed by atoms with Crippen LogP contribution in [0.3, 0.4) is 0 Å². The Morgan fingerprint density at radius 2 is 1.96 bits per heavy atom. The average Bonchev–Trinajstić information content (AvgIpc) is 2.54. The van der Waals surface area contributed by atoms with E-state index >= 15 is 0 Å². The number of aromatic hydroxyl groups is 1. The number of rotatable bonds is 2. The smallest absolute Gasteiger partial charge is 0.192 e. The molecule has 2 aliphatic rings. The van der Waals surface area contributed by atoms with Gasteiger partial charge < -0.3 is 39.4 Å². The summed E-state index contributed by atoms with van der Waals surface area (Å²) < 4.78 is 21.8. The van der Waals surface area contributed by atoms with Crippen LogP contribution >= 0.6 is 0 Å². The number of aliphatic hydroxyl groups is 3. The zero-order valence-electron chi connectivity index (χ0n) is 12.7. The molecule has 0 bridgehead atoms. The first-order chi connectivity index (χ1) is 10.9. The van der Waals surface area contributed by atoms with E-state index in [0.29, 0.717) is 5.56 Å². The fourth-order valence-corrected chi connectivity index (χ4v) is 2.85. The highest BCUT2D eigenvalue weighted by molar-refractivity contribution is 5.43. The molecule has 1 aromatic rings. The summed E-state index contributed by atoms with van der Waals surface area (Å²) >= 11 is 0. The van der Waals surface area contributed by atoms with Gasteiger partial charge in [0.1, 0.15) is 24.4 Å². The molecule has 0 radical (unpaired) electrons. The van der Waals surface area contributed by atoms with Gasteiger partial charge in [0.25, 0.3) is 0 Å². The average molecular weight is 328 g/mol. The normalized spacial score (nSPS) is 40.5. The second-order valence-electron chi connectivity index (χ2n) is 5.77. The first kappa shape index (κ1) is 16.4. The van der Waals surface area contributed by atoms with Gasteiger partial charge in [0.2, 0.25) is 0 Å². The summed E-state index contributed by atoms with van der Waals surface area (Å²) in [5.74, 6) is -0.990. The van der Waals surface area contributed by atoms with Gasteiger partial charge in [-0.15, -0.1) is 0 Å². The topological polar surface area (TPSA) is 118 Å². The van der Waals surface area contributed by atoms with Crippen molar-refractivity contribution in [2.45, 2.75) is 43.4 Å². The monoisotopic (exact) mass is 328 g/mol. The number of benzene rings is 1. The van der Waals surface area contributed by atoms with E-state index in [2.05, 4.69) is 0 Å². The van der Waals surface area contributed by atoms with E-state index in [1.807, 2.05) is 0 Å². The minimum atomic E-state index is -1.49. The van der Waals surface area contributed by atoms with Gasteiger partial charge in [0, 0.05) is 5.56 Å². The molecule has 2 unspecified atom stereocenters. The Bertz CT molecular complexity index is 577. The molecule has 128 valence electrons. The highest BCUT2D eigenvalue weighted by Gasteiger charge is 2.51. The van der Waals surface area contributed by atoms with Crippen LogP contribution in [0.4, 0.5) is 0 Å². The minimum Gasteiger partial charge on any atom is -0.504 e. The predicted octanol–water partition coefficient (Wildman–Crippen LogP) is -0.572. The second kappa shape index (κ2) is 5.90. The number of fused-ring (bicyclic) bond motifs is 1. The van der Waals surface area contributed by atoms with Crippen LogP contribution in [-0.2, 0) is 20.0 Å². The van der Waals surface area contributed by atoms with Crippen LogP contribution < -0.4 is 4.74 Å². The number of phenols is 1. The first-order valence-corrected chi connectivity index (χ1v) is 7.24. The number of methoxy groups -OCH3 is 1. The highest BCUT2D eigenvalue weighted by Crippen LogP contribution is 2.40. The molecule has 2 saturated heterocycles. The molecule has 2 aliphatic heterocycles. The quantitative estimate of drug-likeness (QED) is 0.570. The molecule has 4 N–H and O–H groups in total. The Morgan fingerprint density at radius 3 is 2.65 bits per heavy atom. The standard InChI is InChI=1S/C15H20O8/c1-15(7-3-4-8(16)9(5-7)20-2)21-6-10-13(23-15)11(17)12(18)14(19)22-10/h3-5,10-14,16-19H,6H2,1-2H3/t10-,11-,12-,13-,14?,15?/m1/s1. The summed E-state index contributed by atoms with van der Waals surface area (Å²) in [6.07, 6.45) is -5.84. The fraction of sp³-hybridized carbons (Fsp3) is 0.600. The molecule has 2 heterocycles. The summed E-state index contributed by atoms with van der Waals surface area (Å²) in [5.41, 5.74) is 0.568. The van der Waals surface area contributed by atoms with Gasteiger partial charge in [-0.05, 0) is 25.1 Å². The van der Waals surface area contributed by atoms with Crippen molar-refractivity contribution in [1.82, 2.24) is 0 Å². The lowest BCUT2D eigenvalue weighted by Gasteiger charge is -2.48. The molecule has 0 saturated carbocycles. The maximum Gasteiger partial charge on any atom is 0.192 e. The van der Waals surface area contributed by atoms with Crippen molar-refractivity contribution in [3.05, 3.63) is 23.8 Å². The van der Waals surface area contributed by atoms with Crippen molar-refractivity contribution in [2.24, 2.45) is 0 Å². The van der Waals surface area contributed by atoms with E-state index in [-0.39, 0.29) is 18.1 Å². The molecule has 0 amide bonds. The van der Waals surface area contributed by atoms with Crippen molar-refractivity contribution in [2.75, 3.05) is 13.7 Å². The largest absolute Gasteiger partial charge is 0.504 e. The molecular weight excluding hydrogens is 308 g/mol. The first-order valence-electron chi connectivity index (χ1n) is 7.24. The van der Waals surface area contributed by atoms with Crippen LogP contribution in [0.2, 0.25) is 0 Å². The third-order valence-corrected chi connectivity index (χ3v) is 4.25. The molecule has 1 aromatic carbocycles. The molecule has 3 rings (SSSR count). The maximum absolute atomic E-state index is 10.1. The zero-order chi connectivity index (χ0) is 16.8. The Hall–Kier alpha value is -1.42. The summed E-state index contributed by atoms with van der Waals surface area (Å²) in [4.78, 5) is 0. The molecule has 0 aliphatic carbocycles. The SMILES string of the molecule is COc1cc(C2(C)OC[C@H]3OC(O)[C@H](O)[C@@H](O)[C@@H]3O2)ccc1O. The number of aliphatic hydroxyl groups excluding tert-OH is 3. The number of ether oxygens (including phenoxy) is 4. The molecular formula is C15H20O8. The third-order valence-electron chi connectivity index (χ3n) is 4.25.